The summed E-state index contributed by atoms with van der Waals surface area (Å²) in [7, 11) is -3.56. The van der Waals surface area contributed by atoms with Gasteiger partial charge < -0.3 is 9.64 Å². The summed E-state index contributed by atoms with van der Waals surface area (Å²) in [5.74, 6) is 0.874. The normalized spacial score (nSPS) is 16.5. The summed E-state index contributed by atoms with van der Waals surface area (Å²) in [6, 6.07) is 5.05. The molecule has 1 aromatic rings. The number of carbonyl (C=O) groups is 1. The summed E-state index contributed by atoms with van der Waals surface area (Å²) in [6.45, 7) is 9.50. The van der Waals surface area contributed by atoms with Gasteiger partial charge in [-0.25, -0.2) is 8.42 Å². The molecule has 0 aliphatic carbocycles. The van der Waals surface area contributed by atoms with Crippen LogP contribution in [0.4, 0.5) is 0 Å². The highest BCUT2D eigenvalue weighted by atomic mass is 32.2. The molecule has 0 spiro atoms. The molecule has 134 valence electrons. The number of piperazine rings is 1. The minimum absolute atomic E-state index is 0.0183. The van der Waals surface area contributed by atoms with E-state index in [1.54, 1.807) is 23.1 Å². The molecule has 0 atom stereocenters. The van der Waals surface area contributed by atoms with Gasteiger partial charge in [0, 0.05) is 33.1 Å². The van der Waals surface area contributed by atoms with Crippen LogP contribution in [-0.2, 0) is 14.8 Å². The first-order valence-corrected chi connectivity index (χ1v) is 9.73. The molecule has 24 heavy (non-hydrogen) atoms. The molecule has 6 nitrogen and oxygen atoms in total. The van der Waals surface area contributed by atoms with E-state index in [0.29, 0.717) is 32.8 Å². The summed E-state index contributed by atoms with van der Waals surface area (Å²) < 4.78 is 32.8. The summed E-state index contributed by atoms with van der Waals surface area (Å²) in [6.07, 6.45) is 0. The Bertz CT molecular complexity index is 693. The highest BCUT2D eigenvalue weighted by Gasteiger charge is 2.30. The summed E-state index contributed by atoms with van der Waals surface area (Å²) in [5.41, 5.74) is 0.889. The number of benzene rings is 1. The standard InChI is InChI=1S/C17H26N2O4S/c1-5-23-17-7-6-15(12-16(17)13(2)3)24(21,22)19-10-8-18(9-11-19)14(4)20/h6-7,12-13H,5,8-11H2,1-4H3. The van der Waals surface area contributed by atoms with Gasteiger partial charge in [-0.2, -0.15) is 4.31 Å². The Hall–Kier alpha value is -1.60. The number of rotatable bonds is 5. The lowest BCUT2D eigenvalue weighted by atomic mass is 10.0. The second kappa shape index (κ2) is 7.53. The van der Waals surface area contributed by atoms with Gasteiger partial charge in [-0.05, 0) is 36.6 Å². The molecule has 1 aromatic carbocycles. The SMILES string of the molecule is CCOc1ccc(S(=O)(=O)N2CCN(C(C)=O)CC2)cc1C(C)C. The van der Waals surface area contributed by atoms with Gasteiger partial charge in [0.25, 0.3) is 0 Å². The van der Waals surface area contributed by atoms with Crippen LogP contribution in [0, 0.1) is 0 Å². The molecule has 1 amide bonds. The molecule has 1 aliphatic heterocycles. The van der Waals surface area contributed by atoms with Crippen LogP contribution >= 0.6 is 0 Å². The lowest BCUT2D eigenvalue weighted by Crippen LogP contribution is -2.49. The van der Waals surface area contributed by atoms with Gasteiger partial charge in [0.2, 0.25) is 15.9 Å². The van der Waals surface area contributed by atoms with Gasteiger partial charge in [0.15, 0.2) is 0 Å². The van der Waals surface area contributed by atoms with Gasteiger partial charge in [-0.15, -0.1) is 0 Å². The average molecular weight is 354 g/mol. The minimum Gasteiger partial charge on any atom is -0.494 e. The van der Waals surface area contributed by atoms with Gasteiger partial charge >= 0.3 is 0 Å². The first-order valence-electron chi connectivity index (χ1n) is 8.29. The maximum absolute atomic E-state index is 12.9. The van der Waals surface area contributed by atoms with Crippen molar-refractivity contribution in [2.45, 2.75) is 38.5 Å². The molecule has 1 heterocycles. The molecule has 0 N–H and O–H groups in total. The van der Waals surface area contributed by atoms with Crippen LogP contribution in [0.25, 0.3) is 0 Å². The number of ether oxygens (including phenoxy) is 1. The first-order chi connectivity index (χ1) is 11.3. The van der Waals surface area contributed by atoms with E-state index in [1.165, 1.54) is 11.2 Å². The average Bonchev–Trinajstić information content (AvgIpc) is 2.55. The molecule has 0 saturated carbocycles. The minimum atomic E-state index is -3.56. The maximum atomic E-state index is 12.9. The van der Waals surface area contributed by atoms with Crippen molar-refractivity contribution < 1.29 is 17.9 Å². The smallest absolute Gasteiger partial charge is 0.243 e. The largest absolute Gasteiger partial charge is 0.494 e. The van der Waals surface area contributed by atoms with Crippen LogP contribution in [0.5, 0.6) is 5.75 Å². The Kier molecular flexibility index (Phi) is 5.87. The van der Waals surface area contributed by atoms with Crippen LogP contribution in [0.3, 0.4) is 0 Å². The number of hydrogen-bond acceptors (Lipinski definition) is 4. The maximum Gasteiger partial charge on any atom is 0.243 e. The van der Waals surface area contributed by atoms with Crippen molar-refractivity contribution in [2.24, 2.45) is 0 Å². The van der Waals surface area contributed by atoms with Crippen molar-refractivity contribution in [1.29, 1.82) is 0 Å². The van der Waals surface area contributed by atoms with Gasteiger partial charge in [0.1, 0.15) is 5.75 Å². The van der Waals surface area contributed by atoms with Crippen molar-refractivity contribution in [2.75, 3.05) is 32.8 Å². The monoisotopic (exact) mass is 354 g/mol. The van der Waals surface area contributed by atoms with Crippen LogP contribution in [0.2, 0.25) is 0 Å². The molecule has 0 radical (unpaired) electrons. The third-order valence-corrected chi connectivity index (χ3v) is 6.12. The lowest BCUT2D eigenvalue weighted by molar-refractivity contribution is -0.129. The Morgan fingerprint density at radius 2 is 1.83 bits per heavy atom. The second-order valence-electron chi connectivity index (χ2n) is 6.20. The van der Waals surface area contributed by atoms with E-state index in [4.69, 9.17) is 4.74 Å². The van der Waals surface area contributed by atoms with Gasteiger partial charge in [0.05, 0.1) is 11.5 Å². The zero-order chi connectivity index (χ0) is 17.9. The van der Waals surface area contributed by atoms with Crippen LogP contribution in [-0.4, -0.2) is 56.3 Å². The number of nitrogens with zero attached hydrogens (tertiary/aromatic N) is 2. The molecular weight excluding hydrogens is 328 g/mol. The zero-order valence-corrected chi connectivity index (χ0v) is 15.6. The Morgan fingerprint density at radius 1 is 1.21 bits per heavy atom. The molecule has 1 fully saturated rings. The van der Waals surface area contributed by atoms with E-state index in [-0.39, 0.29) is 16.7 Å². The third-order valence-electron chi connectivity index (χ3n) is 4.22. The molecule has 0 unspecified atom stereocenters. The van der Waals surface area contributed by atoms with Gasteiger partial charge in [-0.3, -0.25) is 4.79 Å². The van der Waals surface area contributed by atoms with E-state index < -0.39 is 10.0 Å². The second-order valence-corrected chi connectivity index (χ2v) is 8.14. The molecular formula is C17H26N2O4S. The van der Waals surface area contributed by atoms with Crippen molar-refractivity contribution in [1.82, 2.24) is 9.21 Å². The third kappa shape index (κ3) is 3.89. The number of hydrogen-bond donors (Lipinski definition) is 0. The van der Waals surface area contributed by atoms with Crippen molar-refractivity contribution in [3.63, 3.8) is 0 Å². The van der Waals surface area contributed by atoms with Gasteiger partial charge in [-0.1, -0.05) is 13.8 Å². The summed E-state index contributed by atoms with van der Waals surface area (Å²) in [4.78, 5) is 13.3. The molecule has 1 aliphatic rings. The number of carbonyl (C=O) groups excluding carboxylic acids is 1. The first kappa shape index (κ1) is 18.7. The summed E-state index contributed by atoms with van der Waals surface area (Å²) in [5, 5.41) is 0. The van der Waals surface area contributed by atoms with Crippen molar-refractivity contribution >= 4 is 15.9 Å². The quantitative estimate of drug-likeness (QED) is 0.812. The predicted octanol–water partition coefficient (Wildman–Crippen LogP) is 2.06. The van der Waals surface area contributed by atoms with Crippen molar-refractivity contribution in [3.8, 4) is 5.75 Å². The molecule has 1 saturated heterocycles. The molecule has 7 heteroatoms. The topological polar surface area (TPSA) is 66.9 Å². The zero-order valence-electron chi connectivity index (χ0n) is 14.8. The number of sulfonamides is 1. The van der Waals surface area contributed by atoms with E-state index in [0.717, 1.165) is 11.3 Å². The Labute approximate surface area is 144 Å². The fourth-order valence-corrected chi connectivity index (χ4v) is 4.28. The predicted molar refractivity (Wildman–Crippen MR) is 92.7 cm³/mol. The van der Waals surface area contributed by atoms with Crippen LogP contribution in [0.15, 0.2) is 23.1 Å². The van der Waals surface area contributed by atoms with E-state index in [9.17, 15) is 13.2 Å². The highest BCUT2D eigenvalue weighted by molar-refractivity contribution is 7.89. The van der Waals surface area contributed by atoms with Crippen LogP contribution < -0.4 is 4.74 Å². The highest BCUT2D eigenvalue weighted by Crippen LogP contribution is 2.30. The van der Waals surface area contributed by atoms with E-state index in [2.05, 4.69) is 0 Å². The van der Waals surface area contributed by atoms with Crippen molar-refractivity contribution in [3.05, 3.63) is 23.8 Å². The molecule has 0 bridgehead atoms. The fourth-order valence-electron chi connectivity index (χ4n) is 2.82. The lowest BCUT2D eigenvalue weighted by Gasteiger charge is -2.33. The molecule has 2 rings (SSSR count). The van der Waals surface area contributed by atoms with E-state index in [1.807, 2.05) is 20.8 Å². The van der Waals surface area contributed by atoms with Crippen LogP contribution in [0.1, 0.15) is 39.2 Å². The Morgan fingerprint density at radius 3 is 2.33 bits per heavy atom. The Balaban J connectivity index is 2.26. The molecule has 0 aromatic heterocycles. The number of amides is 1. The summed E-state index contributed by atoms with van der Waals surface area (Å²) >= 11 is 0. The fraction of sp³-hybridized carbons (Fsp3) is 0.588. The van der Waals surface area contributed by atoms with E-state index >= 15 is 0 Å².